The molecule has 0 saturated carbocycles. The molecular weight excluding hydrogens is 338 g/mol. The van der Waals surface area contributed by atoms with Gasteiger partial charge < -0.3 is 11.1 Å². The van der Waals surface area contributed by atoms with E-state index in [1.54, 1.807) is 6.07 Å². The van der Waals surface area contributed by atoms with Gasteiger partial charge in [0.05, 0.1) is 6.26 Å². The van der Waals surface area contributed by atoms with Gasteiger partial charge in [-0.2, -0.15) is 0 Å². The lowest BCUT2D eigenvalue weighted by Crippen LogP contribution is -2.27. The van der Waals surface area contributed by atoms with Gasteiger partial charge in [0.15, 0.2) is 0 Å². The van der Waals surface area contributed by atoms with Gasteiger partial charge in [-0.1, -0.05) is 12.2 Å². The number of benzene rings is 1. The highest BCUT2D eigenvalue weighted by molar-refractivity contribution is 9.10. The van der Waals surface area contributed by atoms with Gasteiger partial charge in [0, 0.05) is 28.8 Å². The van der Waals surface area contributed by atoms with Crippen LogP contribution >= 0.6 is 28.1 Å². The molecule has 0 atom stereocenters. The highest BCUT2D eigenvalue weighted by Gasteiger charge is 2.03. The minimum atomic E-state index is -3.14. The lowest BCUT2D eigenvalue weighted by atomic mass is 10.2. The average Bonchev–Trinajstić information content (AvgIpc) is 2.24. The number of sulfonamides is 1. The predicted octanol–water partition coefficient (Wildman–Crippen LogP) is 1.04. The molecule has 0 amide bonds. The van der Waals surface area contributed by atoms with E-state index in [1.165, 1.54) is 0 Å². The molecule has 0 aliphatic rings. The zero-order valence-corrected chi connectivity index (χ0v) is 13.0. The molecule has 0 saturated heterocycles. The van der Waals surface area contributed by atoms with Crippen molar-refractivity contribution in [3.05, 3.63) is 28.2 Å². The molecule has 5 nitrogen and oxygen atoms in total. The molecule has 8 heteroatoms. The topological polar surface area (TPSA) is 84.2 Å². The van der Waals surface area contributed by atoms with Crippen LogP contribution in [-0.2, 0) is 10.0 Å². The van der Waals surface area contributed by atoms with Crippen LogP contribution in [0.1, 0.15) is 5.56 Å². The molecule has 0 heterocycles. The quantitative estimate of drug-likeness (QED) is 0.526. The van der Waals surface area contributed by atoms with Crippen LogP contribution in [0, 0.1) is 0 Å². The molecule has 0 aliphatic heterocycles. The van der Waals surface area contributed by atoms with Crippen LogP contribution in [0.3, 0.4) is 0 Å². The van der Waals surface area contributed by atoms with Crippen LogP contribution in [0.4, 0.5) is 5.69 Å². The van der Waals surface area contributed by atoms with E-state index in [2.05, 4.69) is 26.0 Å². The number of rotatable bonds is 6. The third kappa shape index (κ3) is 5.30. The normalized spacial score (nSPS) is 11.2. The summed E-state index contributed by atoms with van der Waals surface area (Å²) < 4.78 is 24.9. The largest absolute Gasteiger partial charge is 0.389 e. The summed E-state index contributed by atoms with van der Waals surface area (Å²) in [6, 6.07) is 5.45. The van der Waals surface area contributed by atoms with Crippen molar-refractivity contribution in [1.29, 1.82) is 0 Å². The molecule has 0 aromatic heterocycles. The maximum absolute atomic E-state index is 10.9. The van der Waals surface area contributed by atoms with Crippen LogP contribution in [0.5, 0.6) is 0 Å². The number of hydrogen-bond donors (Lipinski definition) is 3. The van der Waals surface area contributed by atoms with Gasteiger partial charge >= 0.3 is 0 Å². The van der Waals surface area contributed by atoms with E-state index >= 15 is 0 Å². The fourth-order valence-electron chi connectivity index (χ4n) is 1.25. The van der Waals surface area contributed by atoms with E-state index in [1.807, 2.05) is 12.1 Å². The van der Waals surface area contributed by atoms with E-state index in [0.29, 0.717) is 18.1 Å². The molecule has 0 unspecified atom stereocenters. The second-order valence-corrected chi connectivity index (χ2v) is 6.78. The van der Waals surface area contributed by atoms with E-state index < -0.39 is 10.0 Å². The minimum absolute atomic E-state index is 0.322. The van der Waals surface area contributed by atoms with Crippen LogP contribution in [-0.4, -0.2) is 32.8 Å². The Morgan fingerprint density at radius 3 is 2.61 bits per heavy atom. The van der Waals surface area contributed by atoms with Gasteiger partial charge in [-0.15, -0.1) is 0 Å². The van der Waals surface area contributed by atoms with Gasteiger partial charge in [0.1, 0.15) is 4.99 Å². The number of halogens is 1. The summed E-state index contributed by atoms with van der Waals surface area (Å²) >= 11 is 8.26. The molecule has 1 rings (SSSR count). The van der Waals surface area contributed by atoms with Gasteiger partial charge in [-0.05, 0) is 34.1 Å². The Kier molecular flexibility index (Phi) is 5.51. The Morgan fingerprint density at radius 2 is 2.11 bits per heavy atom. The van der Waals surface area contributed by atoms with Crippen molar-refractivity contribution >= 4 is 48.8 Å². The van der Waals surface area contributed by atoms with Crippen molar-refractivity contribution in [2.75, 3.05) is 24.7 Å². The summed E-state index contributed by atoms with van der Waals surface area (Å²) in [5, 5.41) is 3.09. The fourth-order valence-corrected chi connectivity index (χ4v) is 2.36. The molecule has 18 heavy (non-hydrogen) atoms. The molecule has 0 aliphatic carbocycles. The summed E-state index contributed by atoms with van der Waals surface area (Å²) in [6.07, 6.45) is 1.12. The number of nitrogens with two attached hydrogens (primary N) is 1. The maximum atomic E-state index is 10.9. The third-order valence-corrected chi connectivity index (χ3v) is 3.68. The third-order valence-electron chi connectivity index (χ3n) is 2.06. The summed E-state index contributed by atoms with van der Waals surface area (Å²) in [7, 11) is -3.14. The Bertz CT molecular complexity index is 546. The molecule has 1 aromatic carbocycles. The fraction of sp³-hybridized carbons (Fsp3) is 0.300. The van der Waals surface area contributed by atoms with E-state index in [9.17, 15) is 8.42 Å². The van der Waals surface area contributed by atoms with Gasteiger partial charge in [0.25, 0.3) is 0 Å². The second kappa shape index (κ2) is 6.46. The molecule has 0 radical (unpaired) electrons. The molecule has 1 aromatic rings. The molecule has 0 bridgehead atoms. The zero-order valence-electron chi connectivity index (χ0n) is 9.73. The van der Waals surface area contributed by atoms with Crippen LogP contribution in [0.25, 0.3) is 0 Å². The molecule has 0 fully saturated rings. The summed E-state index contributed by atoms with van der Waals surface area (Å²) in [5.41, 5.74) is 7.14. The van der Waals surface area contributed by atoms with Crippen molar-refractivity contribution in [2.24, 2.45) is 5.73 Å². The maximum Gasteiger partial charge on any atom is 0.208 e. The molecule has 4 N–H and O–H groups in total. The average molecular weight is 352 g/mol. The summed E-state index contributed by atoms with van der Waals surface area (Å²) in [6.45, 7) is 0.806. The summed E-state index contributed by atoms with van der Waals surface area (Å²) in [4.78, 5) is 0.334. The Labute approximate surface area is 120 Å². The Hall–Kier alpha value is -0.700. The smallest absolute Gasteiger partial charge is 0.208 e. The monoisotopic (exact) mass is 351 g/mol. The van der Waals surface area contributed by atoms with Crippen molar-refractivity contribution in [2.45, 2.75) is 0 Å². The summed E-state index contributed by atoms with van der Waals surface area (Å²) in [5.74, 6) is 0. The minimum Gasteiger partial charge on any atom is -0.389 e. The van der Waals surface area contributed by atoms with E-state index in [0.717, 1.165) is 22.0 Å². The molecule has 100 valence electrons. The van der Waals surface area contributed by atoms with Gasteiger partial charge in [0.2, 0.25) is 10.0 Å². The van der Waals surface area contributed by atoms with E-state index in [-0.39, 0.29) is 0 Å². The van der Waals surface area contributed by atoms with Crippen molar-refractivity contribution in [3.8, 4) is 0 Å². The van der Waals surface area contributed by atoms with Crippen LogP contribution in [0.2, 0.25) is 0 Å². The van der Waals surface area contributed by atoms with Crippen LogP contribution < -0.4 is 15.8 Å². The van der Waals surface area contributed by atoms with Gasteiger partial charge in [-0.3, -0.25) is 0 Å². The SMILES string of the molecule is CS(=O)(=O)NCCNc1ccc(C(N)=S)cc1Br. The lowest BCUT2D eigenvalue weighted by Gasteiger charge is -2.10. The predicted molar refractivity (Wildman–Crippen MR) is 81.4 cm³/mol. The first-order valence-electron chi connectivity index (χ1n) is 5.07. The zero-order chi connectivity index (χ0) is 13.8. The number of hydrogen-bond acceptors (Lipinski definition) is 4. The highest BCUT2D eigenvalue weighted by Crippen LogP contribution is 2.23. The standard InChI is InChI=1S/C10H14BrN3O2S2/c1-18(15,16)14-5-4-13-9-3-2-7(10(12)17)6-8(9)11/h2-3,6,13-14H,4-5H2,1H3,(H2,12,17). The van der Waals surface area contributed by atoms with Gasteiger partial charge in [-0.25, -0.2) is 13.1 Å². The first-order chi connectivity index (χ1) is 8.29. The lowest BCUT2D eigenvalue weighted by molar-refractivity contribution is 0.589. The first kappa shape index (κ1) is 15.4. The van der Waals surface area contributed by atoms with Crippen molar-refractivity contribution in [3.63, 3.8) is 0 Å². The number of anilines is 1. The Morgan fingerprint density at radius 1 is 1.44 bits per heavy atom. The Balaban J connectivity index is 2.56. The van der Waals surface area contributed by atoms with Crippen LogP contribution in [0.15, 0.2) is 22.7 Å². The number of thiocarbonyl (C=S) groups is 1. The van der Waals surface area contributed by atoms with Crippen molar-refractivity contribution in [1.82, 2.24) is 4.72 Å². The van der Waals surface area contributed by atoms with Crippen molar-refractivity contribution < 1.29 is 8.42 Å². The molecular formula is C10H14BrN3O2S2. The van der Waals surface area contributed by atoms with E-state index in [4.69, 9.17) is 18.0 Å². The molecule has 0 spiro atoms. The number of nitrogens with one attached hydrogen (secondary N) is 2. The first-order valence-corrected chi connectivity index (χ1v) is 8.17. The highest BCUT2D eigenvalue weighted by atomic mass is 79.9. The second-order valence-electron chi connectivity index (χ2n) is 3.65.